The summed E-state index contributed by atoms with van der Waals surface area (Å²) in [7, 11) is -3.56. The second-order valence-corrected chi connectivity index (χ2v) is 6.54. The molecule has 1 aromatic carbocycles. The molecule has 18 heavy (non-hydrogen) atoms. The molecule has 0 atom stereocenters. The Balaban J connectivity index is 2.42. The van der Waals surface area contributed by atoms with Gasteiger partial charge < -0.3 is 5.73 Å². The topological polar surface area (TPSA) is 99.1 Å². The molecule has 4 N–H and O–H groups in total. The van der Waals surface area contributed by atoms with Crippen molar-refractivity contribution in [2.75, 3.05) is 0 Å². The van der Waals surface area contributed by atoms with Crippen molar-refractivity contribution in [3.63, 3.8) is 0 Å². The molecule has 0 unspecified atom stereocenters. The first-order valence-electron chi connectivity index (χ1n) is 5.24. The molecule has 0 bridgehead atoms. The van der Waals surface area contributed by atoms with Crippen molar-refractivity contribution in [3.8, 4) is 11.3 Å². The lowest BCUT2D eigenvalue weighted by atomic mass is 10.1. The highest BCUT2D eigenvalue weighted by Crippen LogP contribution is 2.28. The first kappa shape index (κ1) is 13.2. The van der Waals surface area contributed by atoms with E-state index in [0.717, 1.165) is 16.1 Å². The van der Waals surface area contributed by atoms with Crippen LogP contribution in [0.3, 0.4) is 0 Å². The SMILES string of the molecule is NCc1sc(CS(N)(=O)=O)nc1-c1ccccc1. The minimum Gasteiger partial charge on any atom is -0.326 e. The van der Waals surface area contributed by atoms with Crippen molar-refractivity contribution in [1.29, 1.82) is 0 Å². The van der Waals surface area contributed by atoms with E-state index in [-0.39, 0.29) is 5.75 Å². The third kappa shape index (κ3) is 3.14. The Hall–Kier alpha value is -1.28. The van der Waals surface area contributed by atoms with E-state index in [0.29, 0.717) is 11.6 Å². The molecule has 0 aliphatic rings. The van der Waals surface area contributed by atoms with Gasteiger partial charge in [0.1, 0.15) is 10.8 Å². The highest BCUT2D eigenvalue weighted by Gasteiger charge is 2.15. The normalized spacial score (nSPS) is 11.7. The van der Waals surface area contributed by atoms with Crippen molar-refractivity contribution in [2.24, 2.45) is 10.9 Å². The molecule has 0 saturated heterocycles. The number of nitrogens with two attached hydrogens (primary N) is 2. The number of benzene rings is 1. The van der Waals surface area contributed by atoms with E-state index in [9.17, 15) is 8.42 Å². The molecule has 0 aliphatic carbocycles. The van der Waals surface area contributed by atoms with Gasteiger partial charge in [-0.15, -0.1) is 11.3 Å². The Kier molecular flexibility index (Phi) is 3.76. The fraction of sp³-hybridized carbons (Fsp3) is 0.182. The van der Waals surface area contributed by atoms with Gasteiger partial charge in [-0.2, -0.15) is 0 Å². The van der Waals surface area contributed by atoms with Crippen LogP contribution in [0.2, 0.25) is 0 Å². The lowest BCUT2D eigenvalue weighted by Gasteiger charge is -1.98. The lowest BCUT2D eigenvalue weighted by molar-refractivity contribution is 0.597. The molecule has 96 valence electrons. The predicted octanol–water partition coefficient (Wildman–Crippen LogP) is 1.06. The van der Waals surface area contributed by atoms with Crippen LogP contribution in [0.25, 0.3) is 11.3 Å². The van der Waals surface area contributed by atoms with Crippen LogP contribution in [0.1, 0.15) is 9.88 Å². The molecular formula is C11H13N3O2S2. The van der Waals surface area contributed by atoms with Crippen LogP contribution in [0.15, 0.2) is 30.3 Å². The van der Waals surface area contributed by atoms with Crippen LogP contribution in [-0.4, -0.2) is 13.4 Å². The van der Waals surface area contributed by atoms with Gasteiger partial charge >= 0.3 is 0 Å². The summed E-state index contributed by atoms with van der Waals surface area (Å²) in [5.41, 5.74) is 7.32. The molecule has 1 aromatic heterocycles. The summed E-state index contributed by atoms with van der Waals surface area (Å²) in [6.07, 6.45) is 0. The van der Waals surface area contributed by atoms with Crippen molar-refractivity contribution in [2.45, 2.75) is 12.3 Å². The first-order chi connectivity index (χ1) is 8.49. The summed E-state index contributed by atoms with van der Waals surface area (Å²) in [5, 5.41) is 5.48. The van der Waals surface area contributed by atoms with Gasteiger partial charge in [0.15, 0.2) is 0 Å². The van der Waals surface area contributed by atoms with E-state index < -0.39 is 10.0 Å². The summed E-state index contributed by atoms with van der Waals surface area (Å²) in [4.78, 5) is 5.18. The van der Waals surface area contributed by atoms with Crippen LogP contribution < -0.4 is 10.9 Å². The van der Waals surface area contributed by atoms with Crippen LogP contribution in [0.4, 0.5) is 0 Å². The van der Waals surface area contributed by atoms with E-state index in [2.05, 4.69) is 4.98 Å². The average molecular weight is 283 g/mol. The van der Waals surface area contributed by atoms with Crippen LogP contribution in [0.5, 0.6) is 0 Å². The van der Waals surface area contributed by atoms with Crippen LogP contribution in [0, 0.1) is 0 Å². The highest BCUT2D eigenvalue weighted by atomic mass is 32.2. The van der Waals surface area contributed by atoms with Gasteiger partial charge in [-0.1, -0.05) is 30.3 Å². The van der Waals surface area contributed by atoms with Gasteiger partial charge in [0.2, 0.25) is 10.0 Å². The zero-order chi connectivity index (χ0) is 13.2. The predicted molar refractivity (Wildman–Crippen MR) is 72.3 cm³/mol. The Morgan fingerprint density at radius 1 is 1.22 bits per heavy atom. The number of hydrogen-bond acceptors (Lipinski definition) is 5. The molecule has 2 aromatic rings. The Labute approximate surface area is 110 Å². The molecule has 7 heteroatoms. The third-order valence-corrected chi connectivity index (χ3v) is 4.24. The second kappa shape index (κ2) is 5.15. The maximum atomic E-state index is 11.1. The zero-order valence-corrected chi connectivity index (χ0v) is 11.2. The summed E-state index contributed by atoms with van der Waals surface area (Å²) in [5.74, 6) is -0.252. The molecule has 0 fully saturated rings. The van der Waals surface area contributed by atoms with E-state index in [4.69, 9.17) is 10.9 Å². The minimum absolute atomic E-state index is 0.252. The number of rotatable bonds is 4. The first-order valence-corrected chi connectivity index (χ1v) is 7.77. The maximum absolute atomic E-state index is 11.1. The van der Waals surface area contributed by atoms with Crippen molar-refractivity contribution in [3.05, 3.63) is 40.2 Å². The molecule has 0 radical (unpaired) electrons. The van der Waals surface area contributed by atoms with Crippen molar-refractivity contribution in [1.82, 2.24) is 4.98 Å². The smallest absolute Gasteiger partial charge is 0.215 e. The average Bonchev–Trinajstić information content (AvgIpc) is 2.71. The largest absolute Gasteiger partial charge is 0.326 e. The monoisotopic (exact) mass is 283 g/mol. The molecule has 0 aliphatic heterocycles. The van der Waals surface area contributed by atoms with Gasteiger partial charge in [0.05, 0.1) is 5.69 Å². The number of thiazole rings is 1. The highest BCUT2D eigenvalue weighted by molar-refractivity contribution is 7.88. The van der Waals surface area contributed by atoms with Crippen LogP contribution >= 0.6 is 11.3 Å². The number of nitrogens with zero attached hydrogens (tertiary/aromatic N) is 1. The fourth-order valence-electron chi connectivity index (χ4n) is 1.59. The molecule has 0 amide bonds. The minimum atomic E-state index is -3.56. The van der Waals surface area contributed by atoms with Gasteiger partial charge in [0.25, 0.3) is 0 Å². The van der Waals surface area contributed by atoms with E-state index >= 15 is 0 Å². The summed E-state index contributed by atoms with van der Waals surface area (Å²) < 4.78 is 22.1. The van der Waals surface area contributed by atoms with Crippen LogP contribution in [-0.2, 0) is 22.3 Å². The second-order valence-electron chi connectivity index (χ2n) is 3.76. The van der Waals surface area contributed by atoms with Crippen molar-refractivity contribution < 1.29 is 8.42 Å². The number of primary sulfonamides is 1. The summed E-state index contributed by atoms with van der Waals surface area (Å²) in [6.45, 7) is 0.326. The third-order valence-electron chi connectivity index (χ3n) is 2.30. The number of hydrogen-bond donors (Lipinski definition) is 2. The van der Waals surface area contributed by atoms with Gasteiger partial charge in [-0.05, 0) is 0 Å². The molecule has 1 heterocycles. The van der Waals surface area contributed by atoms with E-state index in [1.54, 1.807) is 0 Å². The summed E-state index contributed by atoms with van der Waals surface area (Å²) in [6, 6.07) is 9.52. The van der Waals surface area contributed by atoms with Gasteiger partial charge in [0, 0.05) is 17.0 Å². The standard InChI is InChI=1S/C11H13N3O2S2/c12-6-9-11(8-4-2-1-3-5-8)14-10(17-9)7-18(13,15)16/h1-5H,6-7,12H2,(H2,13,15,16). The number of sulfonamides is 1. The van der Waals surface area contributed by atoms with Gasteiger partial charge in [-0.3, -0.25) is 0 Å². The molecule has 2 rings (SSSR count). The lowest BCUT2D eigenvalue weighted by Crippen LogP contribution is -2.14. The molecule has 0 spiro atoms. The quantitative estimate of drug-likeness (QED) is 0.876. The molecular weight excluding hydrogens is 270 g/mol. The zero-order valence-electron chi connectivity index (χ0n) is 9.54. The Morgan fingerprint density at radius 3 is 2.44 bits per heavy atom. The number of aromatic nitrogens is 1. The fourth-order valence-corrected chi connectivity index (χ4v) is 3.50. The Morgan fingerprint density at radius 2 is 1.89 bits per heavy atom. The van der Waals surface area contributed by atoms with Crippen molar-refractivity contribution >= 4 is 21.4 Å². The maximum Gasteiger partial charge on any atom is 0.215 e. The van der Waals surface area contributed by atoms with Gasteiger partial charge in [-0.25, -0.2) is 18.5 Å². The molecule has 0 saturated carbocycles. The summed E-state index contributed by atoms with van der Waals surface area (Å²) >= 11 is 1.29. The van der Waals surface area contributed by atoms with E-state index in [1.165, 1.54) is 11.3 Å². The molecule has 5 nitrogen and oxygen atoms in total. The Bertz CT molecular complexity index is 636. The van der Waals surface area contributed by atoms with E-state index in [1.807, 2.05) is 30.3 Å².